The van der Waals surface area contributed by atoms with Gasteiger partial charge in [0.05, 0.1) is 0 Å². The molecule has 1 aromatic heterocycles. The second kappa shape index (κ2) is 3.29. The van der Waals surface area contributed by atoms with Crippen LogP contribution in [0.5, 0.6) is 0 Å². The molecule has 0 aliphatic rings. The van der Waals surface area contributed by atoms with Gasteiger partial charge in [-0.2, -0.15) is 0 Å². The molecular weight excluding hydrogens is 182 g/mol. The predicted octanol–water partition coefficient (Wildman–Crippen LogP) is 1.98. The van der Waals surface area contributed by atoms with Crippen molar-refractivity contribution >= 4 is 5.82 Å². The fourth-order valence-corrected chi connectivity index (χ4v) is 1.23. The summed E-state index contributed by atoms with van der Waals surface area (Å²) in [5.41, 5.74) is 1.11. The Bertz CT molecular complexity index is 450. The van der Waals surface area contributed by atoms with Crippen molar-refractivity contribution < 1.29 is 4.92 Å². The van der Waals surface area contributed by atoms with Crippen molar-refractivity contribution in [1.29, 1.82) is 0 Å². The van der Waals surface area contributed by atoms with Crippen LogP contribution in [0, 0.1) is 10.1 Å². The molecule has 2 rings (SSSR count). The van der Waals surface area contributed by atoms with Crippen molar-refractivity contribution in [3.05, 3.63) is 46.8 Å². The Labute approximate surface area is 79.6 Å². The van der Waals surface area contributed by atoms with Crippen LogP contribution in [0.1, 0.15) is 0 Å². The highest BCUT2D eigenvalue weighted by Crippen LogP contribution is 2.24. The summed E-state index contributed by atoms with van der Waals surface area (Å²) in [6.45, 7) is 0. The number of nitrogens with zero attached hydrogens (tertiary/aromatic N) is 2. The van der Waals surface area contributed by atoms with Crippen molar-refractivity contribution in [3.63, 3.8) is 0 Å². The van der Waals surface area contributed by atoms with E-state index in [0.29, 0.717) is 5.69 Å². The zero-order valence-corrected chi connectivity index (χ0v) is 7.18. The molecule has 0 atom stereocenters. The van der Waals surface area contributed by atoms with E-state index in [9.17, 15) is 10.1 Å². The fraction of sp³-hybridized carbons (Fsp3) is 0. The minimum atomic E-state index is -0.477. The van der Waals surface area contributed by atoms with Gasteiger partial charge < -0.3 is 10.1 Å². The number of hydrogen-bond donors (Lipinski definition) is 1. The van der Waals surface area contributed by atoms with Crippen LogP contribution in [-0.4, -0.2) is 14.9 Å². The van der Waals surface area contributed by atoms with Crippen LogP contribution in [0.15, 0.2) is 36.7 Å². The molecule has 0 unspecified atom stereocenters. The van der Waals surface area contributed by atoms with Crippen LogP contribution in [-0.2, 0) is 0 Å². The number of aromatic nitrogens is 2. The monoisotopic (exact) mass is 189 g/mol. The summed E-state index contributed by atoms with van der Waals surface area (Å²) in [6.07, 6.45) is 1.32. The summed E-state index contributed by atoms with van der Waals surface area (Å²) in [4.78, 5) is 16.5. The maximum absolute atomic E-state index is 10.6. The first-order chi connectivity index (χ1) is 6.79. The Morgan fingerprint density at radius 3 is 2.64 bits per heavy atom. The van der Waals surface area contributed by atoms with Gasteiger partial charge in [0.1, 0.15) is 0 Å². The van der Waals surface area contributed by atoms with Gasteiger partial charge >= 0.3 is 5.82 Å². The summed E-state index contributed by atoms with van der Waals surface area (Å²) < 4.78 is 0. The Morgan fingerprint density at radius 1 is 1.29 bits per heavy atom. The van der Waals surface area contributed by atoms with Gasteiger partial charge in [0, 0.05) is 5.56 Å². The molecule has 1 heterocycles. The maximum atomic E-state index is 10.6. The smallest absolute Gasteiger partial charge is 0.348 e. The highest BCUT2D eigenvalue weighted by atomic mass is 16.6. The van der Waals surface area contributed by atoms with Crippen molar-refractivity contribution in [2.45, 2.75) is 0 Å². The lowest BCUT2D eigenvalue weighted by Gasteiger charge is -1.96. The van der Waals surface area contributed by atoms with Crippen molar-refractivity contribution in [2.75, 3.05) is 0 Å². The van der Waals surface area contributed by atoms with E-state index in [2.05, 4.69) is 9.97 Å². The van der Waals surface area contributed by atoms with E-state index in [1.165, 1.54) is 6.33 Å². The molecule has 0 aliphatic heterocycles. The van der Waals surface area contributed by atoms with Crippen LogP contribution in [0.4, 0.5) is 5.82 Å². The largest absolute Gasteiger partial charge is 0.358 e. The molecule has 2 aromatic rings. The van der Waals surface area contributed by atoms with Crippen LogP contribution >= 0.6 is 0 Å². The number of H-pyrrole nitrogens is 1. The molecule has 0 aliphatic carbocycles. The van der Waals surface area contributed by atoms with Gasteiger partial charge in [0.15, 0.2) is 12.0 Å². The van der Waals surface area contributed by atoms with Crippen molar-refractivity contribution in [3.8, 4) is 11.3 Å². The summed E-state index contributed by atoms with van der Waals surface area (Å²) in [7, 11) is 0. The third-order valence-electron chi connectivity index (χ3n) is 1.85. The van der Waals surface area contributed by atoms with E-state index >= 15 is 0 Å². The number of aromatic amines is 1. The summed E-state index contributed by atoms with van der Waals surface area (Å²) >= 11 is 0. The average Bonchev–Trinajstić information content (AvgIpc) is 2.67. The van der Waals surface area contributed by atoms with Crippen LogP contribution < -0.4 is 0 Å². The van der Waals surface area contributed by atoms with Crippen molar-refractivity contribution in [2.24, 2.45) is 0 Å². The first-order valence-corrected chi connectivity index (χ1v) is 4.02. The number of rotatable bonds is 2. The third-order valence-corrected chi connectivity index (χ3v) is 1.85. The highest BCUT2D eigenvalue weighted by molar-refractivity contribution is 5.66. The maximum Gasteiger partial charge on any atom is 0.348 e. The van der Waals surface area contributed by atoms with Gasteiger partial charge in [0.2, 0.25) is 0 Å². The standard InChI is InChI=1S/C9H7N3O2/c13-12(14)9-8(10-6-11-9)7-4-2-1-3-5-7/h1-6H,(H,10,11). The normalized spacial score (nSPS) is 10.0. The first kappa shape index (κ1) is 8.43. The van der Waals surface area contributed by atoms with Crippen LogP contribution in [0.3, 0.4) is 0 Å². The molecule has 0 saturated heterocycles. The van der Waals surface area contributed by atoms with Crippen LogP contribution in [0.25, 0.3) is 11.3 Å². The minimum Gasteiger partial charge on any atom is -0.358 e. The zero-order chi connectivity index (χ0) is 9.97. The molecule has 14 heavy (non-hydrogen) atoms. The molecule has 0 saturated carbocycles. The van der Waals surface area contributed by atoms with Gasteiger partial charge in [-0.15, -0.1) is 0 Å². The third kappa shape index (κ3) is 1.35. The SMILES string of the molecule is O=[N+]([O-])c1[nH]cnc1-c1ccccc1. The number of nitrogens with one attached hydrogen (secondary N) is 1. The molecule has 0 spiro atoms. The molecule has 0 fully saturated rings. The second-order valence-corrected chi connectivity index (χ2v) is 2.72. The Hall–Kier alpha value is -2.17. The highest BCUT2D eigenvalue weighted by Gasteiger charge is 2.15. The van der Waals surface area contributed by atoms with E-state index < -0.39 is 4.92 Å². The molecule has 70 valence electrons. The van der Waals surface area contributed by atoms with Gasteiger partial charge in [-0.3, -0.25) is 0 Å². The van der Waals surface area contributed by atoms with Crippen molar-refractivity contribution in [1.82, 2.24) is 9.97 Å². The lowest BCUT2D eigenvalue weighted by Crippen LogP contribution is -1.90. The first-order valence-electron chi connectivity index (χ1n) is 4.02. The summed E-state index contributed by atoms with van der Waals surface area (Å²) in [6, 6.07) is 9.04. The van der Waals surface area contributed by atoms with Gasteiger partial charge in [-0.05, 0) is 4.92 Å². The van der Waals surface area contributed by atoms with Gasteiger partial charge in [-0.25, -0.2) is 9.97 Å². The Balaban J connectivity index is 2.52. The summed E-state index contributed by atoms with van der Waals surface area (Å²) in [5.74, 6) is -0.0730. The van der Waals surface area contributed by atoms with E-state index in [1.54, 1.807) is 12.1 Å². The Kier molecular flexibility index (Phi) is 1.98. The molecule has 5 nitrogen and oxygen atoms in total. The molecule has 1 aromatic carbocycles. The van der Waals surface area contributed by atoms with E-state index in [1.807, 2.05) is 18.2 Å². The minimum absolute atomic E-state index is 0.0730. The second-order valence-electron chi connectivity index (χ2n) is 2.72. The molecule has 0 bridgehead atoms. The topological polar surface area (TPSA) is 71.8 Å². The number of nitro groups is 1. The van der Waals surface area contributed by atoms with E-state index in [4.69, 9.17) is 0 Å². The zero-order valence-electron chi connectivity index (χ0n) is 7.18. The number of imidazole rings is 1. The fourth-order valence-electron chi connectivity index (χ4n) is 1.23. The Morgan fingerprint density at radius 2 is 2.00 bits per heavy atom. The molecule has 5 heteroatoms. The van der Waals surface area contributed by atoms with E-state index in [-0.39, 0.29) is 5.82 Å². The van der Waals surface area contributed by atoms with Crippen LogP contribution in [0.2, 0.25) is 0 Å². The van der Waals surface area contributed by atoms with Gasteiger partial charge in [0.25, 0.3) is 0 Å². The quantitative estimate of drug-likeness (QED) is 0.580. The predicted molar refractivity (Wildman–Crippen MR) is 50.7 cm³/mol. The lowest BCUT2D eigenvalue weighted by atomic mass is 10.1. The van der Waals surface area contributed by atoms with Gasteiger partial charge in [-0.1, -0.05) is 30.3 Å². The molecular formula is C9H7N3O2. The molecule has 0 radical (unpaired) electrons. The number of hydrogen-bond acceptors (Lipinski definition) is 3. The number of benzene rings is 1. The average molecular weight is 189 g/mol. The van der Waals surface area contributed by atoms with E-state index in [0.717, 1.165) is 5.56 Å². The lowest BCUT2D eigenvalue weighted by molar-refractivity contribution is -0.388. The molecule has 1 N–H and O–H groups in total. The molecule has 0 amide bonds. The summed E-state index contributed by atoms with van der Waals surface area (Å²) in [5, 5.41) is 10.6.